The third-order valence-electron chi connectivity index (χ3n) is 3.53. The summed E-state index contributed by atoms with van der Waals surface area (Å²) in [6, 6.07) is 5.10. The van der Waals surface area contributed by atoms with Crippen LogP contribution in [0.1, 0.15) is 37.6 Å². The summed E-state index contributed by atoms with van der Waals surface area (Å²) in [5.74, 6) is 0.471. The number of hydrogen-bond acceptors (Lipinski definition) is 3. The second-order valence-corrected chi connectivity index (χ2v) is 4.99. The molecule has 1 rings (SSSR count). The number of hydrogen-bond donors (Lipinski definition) is 1. The van der Waals surface area contributed by atoms with Gasteiger partial charge in [-0.2, -0.15) is 0 Å². The van der Waals surface area contributed by atoms with E-state index in [1.807, 2.05) is 13.8 Å². The van der Waals surface area contributed by atoms with Crippen LogP contribution in [0.15, 0.2) is 18.2 Å². The number of anilines is 1. The lowest BCUT2D eigenvalue weighted by atomic mass is 9.98. The number of methoxy groups -OCH3 is 1. The molecule has 2 N–H and O–H groups in total. The molecule has 0 saturated heterocycles. The van der Waals surface area contributed by atoms with Crippen molar-refractivity contribution in [1.29, 1.82) is 0 Å². The summed E-state index contributed by atoms with van der Waals surface area (Å²) in [7, 11) is 3.35. The van der Waals surface area contributed by atoms with E-state index in [1.54, 1.807) is 37.3 Å². The lowest BCUT2D eigenvalue weighted by molar-refractivity contribution is 0.0617. The Morgan fingerprint density at radius 2 is 2.06 bits per heavy atom. The average Bonchev–Trinajstić information content (AvgIpc) is 2.36. The zero-order chi connectivity index (χ0) is 13.9. The topological polar surface area (TPSA) is 55.6 Å². The van der Waals surface area contributed by atoms with E-state index >= 15 is 0 Å². The van der Waals surface area contributed by atoms with Gasteiger partial charge in [0.25, 0.3) is 5.91 Å². The van der Waals surface area contributed by atoms with Crippen molar-refractivity contribution >= 4 is 11.6 Å². The summed E-state index contributed by atoms with van der Waals surface area (Å²) in [5, 5.41) is 0. The molecule has 4 heteroatoms. The van der Waals surface area contributed by atoms with E-state index in [-0.39, 0.29) is 11.4 Å². The highest BCUT2D eigenvalue weighted by Gasteiger charge is 2.28. The Kier molecular flexibility index (Phi) is 4.22. The van der Waals surface area contributed by atoms with Gasteiger partial charge in [0.2, 0.25) is 0 Å². The molecule has 4 nitrogen and oxygen atoms in total. The van der Waals surface area contributed by atoms with Crippen LogP contribution in [0.3, 0.4) is 0 Å². The molecule has 1 amide bonds. The first-order valence-electron chi connectivity index (χ1n) is 6.05. The number of nitrogens with zero attached hydrogens (tertiary/aromatic N) is 1. The molecule has 18 heavy (non-hydrogen) atoms. The molecule has 0 radical (unpaired) electrons. The first-order chi connectivity index (χ1) is 8.33. The normalized spacial score (nSPS) is 11.2. The molecule has 0 bridgehead atoms. The largest absolute Gasteiger partial charge is 0.496 e. The zero-order valence-corrected chi connectivity index (χ0v) is 11.8. The Morgan fingerprint density at radius 1 is 1.44 bits per heavy atom. The fraction of sp³-hybridized carbons (Fsp3) is 0.500. The van der Waals surface area contributed by atoms with Gasteiger partial charge in [-0.05, 0) is 38.5 Å². The number of nitrogens with two attached hydrogens (primary N) is 1. The van der Waals surface area contributed by atoms with Gasteiger partial charge in [0.05, 0.1) is 12.7 Å². The predicted octanol–water partition coefficient (Wildman–Crippen LogP) is 2.54. The van der Waals surface area contributed by atoms with Crippen molar-refractivity contribution in [2.75, 3.05) is 19.9 Å². The number of benzene rings is 1. The minimum Gasteiger partial charge on any atom is -0.496 e. The molecule has 0 unspecified atom stereocenters. The molecule has 0 fully saturated rings. The number of nitrogen functional groups attached to an aromatic ring is 1. The third kappa shape index (κ3) is 2.75. The van der Waals surface area contributed by atoms with Crippen molar-refractivity contribution in [1.82, 2.24) is 4.90 Å². The van der Waals surface area contributed by atoms with Crippen molar-refractivity contribution in [2.45, 2.75) is 32.7 Å². The molecule has 100 valence electrons. The molecule has 0 atom stereocenters. The molecule has 0 heterocycles. The van der Waals surface area contributed by atoms with Gasteiger partial charge in [-0.3, -0.25) is 4.79 Å². The van der Waals surface area contributed by atoms with E-state index in [4.69, 9.17) is 10.5 Å². The van der Waals surface area contributed by atoms with Gasteiger partial charge >= 0.3 is 0 Å². The van der Waals surface area contributed by atoms with Crippen LogP contribution in [0.2, 0.25) is 0 Å². The maximum absolute atomic E-state index is 12.5. The Bertz CT molecular complexity index is 441. The van der Waals surface area contributed by atoms with E-state index in [2.05, 4.69) is 6.92 Å². The van der Waals surface area contributed by atoms with Crippen LogP contribution in [0, 0.1) is 0 Å². The fourth-order valence-corrected chi connectivity index (χ4v) is 1.59. The van der Waals surface area contributed by atoms with Gasteiger partial charge in [-0.25, -0.2) is 0 Å². The summed E-state index contributed by atoms with van der Waals surface area (Å²) in [5.41, 5.74) is 6.59. The molecule has 1 aromatic rings. The van der Waals surface area contributed by atoms with Crippen molar-refractivity contribution in [3.63, 3.8) is 0 Å². The van der Waals surface area contributed by atoms with Crippen molar-refractivity contribution in [3.8, 4) is 5.75 Å². The monoisotopic (exact) mass is 250 g/mol. The molecule has 0 saturated carbocycles. The number of carbonyl (C=O) groups is 1. The average molecular weight is 250 g/mol. The van der Waals surface area contributed by atoms with Crippen LogP contribution in [0.5, 0.6) is 5.75 Å². The quantitative estimate of drug-likeness (QED) is 0.835. The summed E-state index contributed by atoms with van der Waals surface area (Å²) in [4.78, 5) is 14.2. The number of rotatable bonds is 4. The van der Waals surface area contributed by atoms with Gasteiger partial charge < -0.3 is 15.4 Å². The first-order valence-corrected chi connectivity index (χ1v) is 6.05. The van der Waals surface area contributed by atoms with Crippen molar-refractivity contribution in [3.05, 3.63) is 23.8 Å². The third-order valence-corrected chi connectivity index (χ3v) is 3.53. The Hall–Kier alpha value is -1.71. The fourth-order valence-electron chi connectivity index (χ4n) is 1.59. The highest BCUT2D eigenvalue weighted by Crippen LogP contribution is 2.26. The molecular weight excluding hydrogens is 228 g/mol. The Labute approximate surface area is 109 Å². The lowest BCUT2D eigenvalue weighted by Gasteiger charge is -2.35. The van der Waals surface area contributed by atoms with E-state index < -0.39 is 0 Å². The highest BCUT2D eigenvalue weighted by molar-refractivity contribution is 5.98. The van der Waals surface area contributed by atoms with E-state index in [0.717, 1.165) is 6.42 Å². The molecule has 0 aliphatic heterocycles. The van der Waals surface area contributed by atoms with Crippen LogP contribution >= 0.6 is 0 Å². The molecule has 0 aliphatic rings. The smallest absolute Gasteiger partial charge is 0.257 e. The van der Waals surface area contributed by atoms with Gasteiger partial charge in [0.15, 0.2) is 0 Å². The van der Waals surface area contributed by atoms with Crippen LogP contribution < -0.4 is 10.5 Å². The molecule has 1 aromatic carbocycles. The van der Waals surface area contributed by atoms with Crippen LogP contribution in [0.25, 0.3) is 0 Å². The standard InChI is InChI=1S/C14H22N2O2/c1-6-14(2,3)16(4)13(17)11-9-10(15)7-8-12(11)18-5/h7-9H,6,15H2,1-5H3. The number of amides is 1. The highest BCUT2D eigenvalue weighted by atomic mass is 16.5. The van der Waals surface area contributed by atoms with E-state index in [0.29, 0.717) is 17.0 Å². The molecule has 0 aliphatic carbocycles. The lowest BCUT2D eigenvalue weighted by Crippen LogP contribution is -2.44. The predicted molar refractivity (Wildman–Crippen MR) is 73.9 cm³/mol. The maximum Gasteiger partial charge on any atom is 0.257 e. The summed E-state index contributed by atoms with van der Waals surface area (Å²) < 4.78 is 5.21. The molecule has 0 aromatic heterocycles. The minimum atomic E-state index is -0.202. The number of carbonyl (C=O) groups excluding carboxylic acids is 1. The van der Waals surface area contributed by atoms with Gasteiger partial charge in [-0.15, -0.1) is 0 Å². The van der Waals surface area contributed by atoms with Gasteiger partial charge in [0.1, 0.15) is 5.75 Å². The second-order valence-electron chi connectivity index (χ2n) is 4.99. The van der Waals surface area contributed by atoms with Gasteiger partial charge in [0, 0.05) is 18.3 Å². The van der Waals surface area contributed by atoms with Gasteiger partial charge in [-0.1, -0.05) is 6.92 Å². The van der Waals surface area contributed by atoms with Crippen molar-refractivity contribution < 1.29 is 9.53 Å². The summed E-state index contributed by atoms with van der Waals surface area (Å²) in [6.07, 6.45) is 0.875. The Morgan fingerprint density at radius 3 is 2.56 bits per heavy atom. The molecule has 0 spiro atoms. The first kappa shape index (κ1) is 14.4. The minimum absolute atomic E-state index is 0.0778. The van der Waals surface area contributed by atoms with Crippen LogP contribution in [-0.2, 0) is 0 Å². The van der Waals surface area contributed by atoms with Crippen molar-refractivity contribution in [2.24, 2.45) is 0 Å². The second kappa shape index (κ2) is 5.29. The summed E-state index contributed by atoms with van der Waals surface area (Å²) >= 11 is 0. The Balaban J connectivity index is 3.14. The van der Waals surface area contributed by atoms with Crippen LogP contribution in [0.4, 0.5) is 5.69 Å². The number of ether oxygens (including phenoxy) is 1. The SMILES string of the molecule is CCC(C)(C)N(C)C(=O)c1cc(N)ccc1OC. The van der Waals surface area contributed by atoms with E-state index in [9.17, 15) is 4.79 Å². The zero-order valence-electron chi connectivity index (χ0n) is 11.8. The van der Waals surface area contributed by atoms with E-state index in [1.165, 1.54) is 0 Å². The molecular formula is C14H22N2O2. The maximum atomic E-state index is 12.5. The summed E-state index contributed by atoms with van der Waals surface area (Å²) in [6.45, 7) is 6.12. The van der Waals surface area contributed by atoms with Crippen LogP contribution in [-0.4, -0.2) is 30.5 Å².